The van der Waals surface area contributed by atoms with E-state index in [2.05, 4.69) is 21.2 Å². The number of carbonyl (C=O) groups is 2. The first-order chi connectivity index (χ1) is 10.5. The zero-order chi connectivity index (χ0) is 15.9. The van der Waals surface area contributed by atoms with Gasteiger partial charge in [-0.2, -0.15) is 0 Å². The van der Waals surface area contributed by atoms with Gasteiger partial charge in [0, 0.05) is 11.0 Å². The van der Waals surface area contributed by atoms with E-state index in [9.17, 15) is 9.59 Å². The van der Waals surface area contributed by atoms with Crippen LogP contribution in [0.3, 0.4) is 0 Å². The minimum Gasteiger partial charge on any atom is -0.452 e. The molecule has 0 radical (unpaired) electrons. The Labute approximate surface area is 137 Å². The Kier molecular flexibility index (Phi) is 5.72. The SMILES string of the molecule is Cc1ccc(C(=O)OCC(=O)NCc2ccc(Br)cc2)cc1. The molecule has 0 saturated carbocycles. The predicted octanol–water partition coefficient (Wildman–Crippen LogP) is 3.23. The van der Waals surface area contributed by atoms with Gasteiger partial charge in [0.1, 0.15) is 0 Å². The first kappa shape index (κ1) is 16.2. The maximum Gasteiger partial charge on any atom is 0.338 e. The molecule has 5 heteroatoms. The minimum atomic E-state index is -0.501. The molecule has 0 heterocycles. The number of carbonyl (C=O) groups excluding carboxylic acids is 2. The van der Waals surface area contributed by atoms with Crippen molar-refractivity contribution in [2.75, 3.05) is 6.61 Å². The normalized spacial score (nSPS) is 10.1. The van der Waals surface area contributed by atoms with E-state index in [-0.39, 0.29) is 12.5 Å². The summed E-state index contributed by atoms with van der Waals surface area (Å²) in [6.45, 7) is 2.04. The van der Waals surface area contributed by atoms with Crippen molar-refractivity contribution in [3.63, 3.8) is 0 Å². The summed E-state index contributed by atoms with van der Waals surface area (Å²) in [7, 11) is 0. The molecule has 1 amide bonds. The molecule has 2 rings (SSSR count). The van der Waals surface area contributed by atoms with Gasteiger partial charge in [0.25, 0.3) is 5.91 Å². The average Bonchev–Trinajstić information content (AvgIpc) is 2.52. The summed E-state index contributed by atoms with van der Waals surface area (Å²) in [6.07, 6.45) is 0. The van der Waals surface area contributed by atoms with Gasteiger partial charge in [-0.05, 0) is 36.8 Å². The van der Waals surface area contributed by atoms with Gasteiger partial charge in [-0.25, -0.2) is 4.79 Å². The van der Waals surface area contributed by atoms with Crippen LogP contribution in [0.1, 0.15) is 21.5 Å². The van der Waals surface area contributed by atoms with E-state index in [1.807, 2.05) is 43.3 Å². The summed E-state index contributed by atoms with van der Waals surface area (Å²) in [5.41, 5.74) is 2.47. The van der Waals surface area contributed by atoms with Crippen molar-refractivity contribution in [1.82, 2.24) is 5.32 Å². The Balaban J connectivity index is 1.76. The number of halogens is 1. The monoisotopic (exact) mass is 361 g/mol. The van der Waals surface area contributed by atoms with Crippen molar-refractivity contribution in [3.8, 4) is 0 Å². The Morgan fingerprint density at radius 3 is 2.32 bits per heavy atom. The summed E-state index contributed by atoms with van der Waals surface area (Å²) in [5, 5.41) is 2.70. The van der Waals surface area contributed by atoms with E-state index in [0.29, 0.717) is 12.1 Å². The third-order valence-corrected chi connectivity index (χ3v) is 3.55. The van der Waals surface area contributed by atoms with Crippen molar-refractivity contribution in [2.24, 2.45) is 0 Å². The maximum absolute atomic E-state index is 11.8. The van der Waals surface area contributed by atoms with Gasteiger partial charge < -0.3 is 10.1 Å². The van der Waals surface area contributed by atoms with Gasteiger partial charge in [0.05, 0.1) is 5.56 Å². The molecule has 1 N–H and O–H groups in total. The predicted molar refractivity (Wildman–Crippen MR) is 87.5 cm³/mol. The zero-order valence-electron chi connectivity index (χ0n) is 12.1. The summed E-state index contributed by atoms with van der Waals surface area (Å²) in [5.74, 6) is -0.831. The minimum absolute atomic E-state index is 0.288. The number of esters is 1. The second-order valence-electron chi connectivity index (χ2n) is 4.85. The molecule has 0 aromatic heterocycles. The van der Waals surface area contributed by atoms with Gasteiger partial charge in [-0.3, -0.25) is 4.79 Å². The molecular formula is C17H16BrNO3. The van der Waals surface area contributed by atoms with Crippen molar-refractivity contribution in [1.29, 1.82) is 0 Å². The van der Waals surface area contributed by atoms with E-state index in [4.69, 9.17) is 4.74 Å². The zero-order valence-corrected chi connectivity index (χ0v) is 13.7. The van der Waals surface area contributed by atoms with E-state index in [1.54, 1.807) is 12.1 Å². The number of aryl methyl sites for hydroxylation is 1. The van der Waals surface area contributed by atoms with Crippen LogP contribution in [0, 0.1) is 6.92 Å². The Morgan fingerprint density at radius 2 is 1.68 bits per heavy atom. The lowest BCUT2D eigenvalue weighted by atomic mass is 10.1. The number of ether oxygens (including phenoxy) is 1. The molecular weight excluding hydrogens is 346 g/mol. The number of hydrogen-bond acceptors (Lipinski definition) is 3. The van der Waals surface area contributed by atoms with E-state index < -0.39 is 5.97 Å². The molecule has 0 spiro atoms. The topological polar surface area (TPSA) is 55.4 Å². The van der Waals surface area contributed by atoms with Gasteiger partial charge >= 0.3 is 5.97 Å². The average molecular weight is 362 g/mol. The fourth-order valence-electron chi connectivity index (χ4n) is 1.76. The van der Waals surface area contributed by atoms with Crippen LogP contribution in [0.5, 0.6) is 0 Å². The molecule has 0 unspecified atom stereocenters. The second-order valence-corrected chi connectivity index (χ2v) is 5.76. The lowest BCUT2D eigenvalue weighted by molar-refractivity contribution is -0.124. The first-order valence-electron chi connectivity index (χ1n) is 6.79. The van der Waals surface area contributed by atoms with Crippen LogP contribution in [0.15, 0.2) is 53.0 Å². The molecule has 0 fully saturated rings. The lowest BCUT2D eigenvalue weighted by Crippen LogP contribution is -2.28. The quantitative estimate of drug-likeness (QED) is 0.831. The standard InChI is InChI=1S/C17H16BrNO3/c1-12-2-6-14(7-3-12)17(21)22-11-16(20)19-10-13-4-8-15(18)9-5-13/h2-9H,10-11H2,1H3,(H,19,20). The molecule has 2 aromatic carbocycles. The molecule has 0 aliphatic heterocycles. The summed E-state index contributed by atoms with van der Waals surface area (Å²) in [4.78, 5) is 23.4. The fraction of sp³-hybridized carbons (Fsp3) is 0.176. The largest absolute Gasteiger partial charge is 0.452 e. The Hall–Kier alpha value is -2.14. The smallest absolute Gasteiger partial charge is 0.338 e. The Morgan fingerprint density at radius 1 is 1.05 bits per heavy atom. The molecule has 0 aliphatic carbocycles. The van der Waals surface area contributed by atoms with Crippen LogP contribution in [-0.4, -0.2) is 18.5 Å². The van der Waals surface area contributed by atoms with Gasteiger partial charge in [0.15, 0.2) is 6.61 Å². The third-order valence-electron chi connectivity index (χ3n) is 3.02. The van der Waals surface area contributed by atoms with E-state index in [1.165, 1.54) is 0 Å². The molecule has 22 heavy (non-hydrogen) atoms. The number of nitrogens with one attached hydrogen (secondary N) is 1. The molecule has 0 aliphatic rings. The summed E-state index contributed by atoms with van der Waals surface area (Å²) in [6, 6.07) is 14.6. The number of amides is 1. The van der Waals surface area contributed by atoms with E-state index in [0.717, 1.165) is 15.6 Å². The summed E-state index contributed by atoms with van der Waals surface area (Å²) < 4.78 is 5.96. The highest BCUT2D eigenvalue weighted by Gasteiger charge is 2.09. The summed E-state index contributed by atoms with van der Waals surface area (Å²) >= 11 is 3.35. The van der Waals surface area contributed by atoms with Gasteiger partial charge in [0.2, 0.25) is 0 Å². The number of rotatable bonds is 5. The highest BCUT2D eigenvalue weighted by atomic mass is 79.9. The second kappa shape index (κ2) is 7.75. The van der Waals surface area contributed by atoms with Crippen molar-refractivity contribution < 1.29 is 14.3 Å². The van der Waals surface area contributed by atoms with Crippen LogP contribution in [0.4, 0.5) is 0 Å². The molecule has 0 saturated heterocycles. The van der Waals surface area contributed by atoms with Crippen LogP contribution in [0.25, 0.3) is 0 Å². The van der Waals surface area contributed by atoms with Crippen molar-refractivity contribution in [2.45, 2.75) is 13.5 Å². The number of hydrogen-bond donors (Lipinski definition) is 1. The Bertz CT molecular complexity index is 651. The van der Waals surface area contributed by atoms with Gasteiger partial charge in [-0.15, -0.1) is 0 Å². The maximum atomic E-state index is 11.8. The first-order valence-corrected chi connectivity index (χ1v) is 7.59. The van der Waals surface area contributed by atoms with E-state index >= 15 is 0 Å². The molecule has 114 valence electrons. The molecule has 0 atom stereocenters. The van der Waals surface area contributed by atoms with Crippen molar-refractivity contribution in [3.05, 3.63) is 69.7 Å². The highest BCUT2D eigenvalue weighted by Crippen LogP contribution is 2.10. The van der Waals surface area contributed by atoms with Crippen LogP contribution < -0.4 is 5.32 Å². The molecule has 0 bridgehead atoms. The highest BCUT2D eigenvalue weighted by molar-refractivity contribution is 9.10. The number of benzene rings is 2. The molecule has 4 nitrogen and oxygen atoms in total. The lowest BCUT2D eigenvalue weighted by Gasteiger charge is -2.07. The third kappa shape index (κ3) is 5.00. The van der Waals surface area contributed by atoms with Gasteiger partial charge in [-0.1, -0.05) is 45.8 Å². The van der Waals surface area contributed by atoms with Crippen molar-refractivity contribution >= 4 is 27.8 Å². The fourth-order valence-corrected chi connectivity index (χ4v) is 2.02. The molecule has 2 aromatic rings. The van der Waals surface area contributed by atoms with Crippen LogP contribution >= 0.6 is 15.9 Å². The van der Waals surface area contributed by atoms with Crippen LogP contribution in [-0.2, 0) is 16.1 Å². The van der Waals surface area contributed by atoms with Crippen LogP contribution in [0.2, 0.25) is 0 Å².